The van der Waals surface area contributed by atoms with Crippen LogP contribution in [0.15, 0.2) is 110 Å². The minimum Gasteiger partial charge on any atom is -0.444 e. The summed E-state index contributed by atoms with van der Waals surface area (Å²) in [5.74, 6) is -0.786. The van der Waals surface area contributed by atoms with Crippen LogP contribution in [-0.4, -0.2) is 62.9 Å². The smallest absolute Gasteiger partial charge is 0.422 e. The van der Waals surface area contributed by atoms with Crippen molar-refractivity contribution in [3.05, 3.63) is 132 Å². The Morgan fingerprint density at radius 3 is 2.08 bits per heavy atom. The Kier molecular flexibility index (Phi) is 13.9. The van der Waals surface area contributed by atoms with E-state index in [1.54, 1.807) is 67.8 Å². The highest BCUT2D eigenvalue weighted by molar-refractivity contribution is 5.86. The minimum atomic E-state index is -1.15. The Labute approximate surface area is 280 Å². The van der Waals surface area contributed by atoms with Crippen LogP contribution in [0.4, 0.5) is 9.59 Å². The molecule has 252 valence electrons. The van der Waals surface area contributed by atoms with Crippen LogP contribution in [-0.2, 0) is 40.4 Å². The number of hydrogen-bond donors (Lipinski definition) is 4. The van der Waals surface area contributed by atoms with Gasteiger partial charge in [0.15, 0.2) is 0 Å². The van der Waals surface area contributed by atoms with Gasteiger partial charge in [0, 0.05) is 37.2 Å². The molecule has 0 aliphatic carbocycles. The first-order valence-corrected chi connectivity index (χ1v) is 15.7. The molecule has 4 aromatic rings. The van der Waals surface area contributed by atoms with Gasteiger partial charge in [-0.15, -0.1) is 0 Å². The van der Waals surface area contributed by atoms with E-state index in [4.69, 9.17) is 9.47 Å². The van der Waals surface area contributed by atoms with Gasteiger partial charge in [-0.2, -0.15) is 0 Å². The summed E-state index contributed by atoms with van der Waals surface area (Å²) in [5, 5.41) is 18.8. The first-order valence-electron chi connectivity index (χ1n) is 15.7. The zero-order chi connectivity index (χ0) is 34.1. The maximum Gasteiger partial charge on any atom is 0.422 e. The van der Waals surface area contributed by atoms with Crippen LogP contribution in [0.3, 0.4) is 0 Å². The van der Waals surface area contributed by atoms with Crippen molar-refractivity contribution >= 4 is 18.1 Å². The highest BCUT2D eigenvalue weighted by atomic mass is 16.6. The molecule has 0 fully saturated rings. The first-order chi connectivity index (χ1) is 23.3. The molecule has 48 heavy (non-hydrogen) atoms. The zero-order valence-corrected chi connectivity index (χ0v) is 27.1. The highest BCUT2D eigenvalue weighted by Gasteiger charge is 2.31. The van der Waals surface area contributed by atoms with E-state index in [1.165, 1.54) is 0 Å². The fraction of sp³-hybridized carbons (Fsp3) is 0.306. The van der Waals surface area contributed by atoms with Gasteiger partial charge in [0.1, 0.15) is 19.3 Å². The fourth-order valence-electron chi connectivity index (χ4n) is 4.85. The lowest BCUT2D eigenvalue weighted by atomic mass is 9.98. The van der Waals surface area contributed by atoms with Crippen molar-refractivity contribution < 1.29 is 29.0 Å². The molecule has 0 saturated heterocycles. The molecule has 2 aromatic carbocycles. The molecule has 4 rings (SSSR count). The Morgan fingerprint density at radius 1 is 0.771 bits per heavy atom. The van der Waals surface area contributed by atoms with E-state index in [1.807, 2.05) is 60.7 Å². The van der Waals surface area contributed by atoms with E-state index in [0.717, 1.165) is 16.7 Å². The molecule has 0 saturated carbocycles. The normalized spacial score (nSPS) is 12.9. The third kappa shape index (κ3) is 12.1. The van der Waals surface area contributed by atoms with Crippen LogP contribution in [0.1, 0.15) is 36.2 Å². The number of hydrogen-bond acceptors (Lipinski definition) is 9. The number of carbonyl (C=O) groups is 3. The number of alkyl carbamates (subject to hydrolysis) is 1. The molecule has 4 N–H and O–H groups in total. The summed E-state index contributed by atoms with van der Waals surface area (Å²) in [4.78, 5) is 47.3. The van der Waals surface area contributed by atoms with Crippen molar-refractivity contribution in [1.29, 1.82) is 0 Å². The van der Waals surface area contributed by atoms with Gasteiger partial charge in [-0.1, -0.05) is 86.6 Å². The maximum atomic E-state index is 13.7. The van der Waals surface area contributed by atoms with Crippen molar-refractivity contribution in [2.45, 2.75) is 58.2 Å². The first kappa shape index (κ1) is 35.5. The molecule has 12 nitrogen and oxygen atoms in total. The molecule has 0 aliphatic heterocycles. The highest BCUT2D eigenvalue weighted by Crippen LogP contribution is 2.12. The fourth-order valence-corrected chi connectivity index (χ4v) is 4.85. The van der Waals surface area contributed by atoms with Crippen molar-refractivity contribution in [3.63, 3.8) is 0 Å². The second-order valence-corrected chi connectivity index (χ2v) is 11.6. The van der Waals surface area contributed by atoms with Gasteiger partial charge in [0.2, 0.25) is 5.91 Å². The quantitative estimate of drug-likeness (QED) is 0.130. The van der Waals surface area contributed by atoms with E-state index in [-0.39, 0.29) is 38.6 Å². The SMILES string of the molecule is CC(C)C(NC(=O)OCc1ccccn1)C(=O)NC(Cc1ccccc1)C(O)CN(Cc1ccccc1)NC(=O)OCc1cccnc1. The molecule has 0 bridgehead atoms. The van der Waals surface area contributed by atoms with Crippen molar-refractivity contribution in [2.75, 3.05) is 6.54 Å². The minimum absolute atomic E-state index is 0.0159. The number of hydrazine groups is 1. The van der Waals surface area contributed by atoms with E-state index in [2.05, 4.69) is 26.0 Å². The average molecular weight is 655 g/mol. The van der Waals surface area contributed by atoms with E-state index in [9.17, 15) is 19.5 Å². The van der Waals surface area contributed by atoms with E-state index in [0.29, 0.717) is 5.69 Å². The van der Waals surface area contributed by atoms with Crippen LogP contribution in [0, 0.1) is 5.92 Å². The van der Waals surface area contributed by atoms with Gasteiger partial charge in [0.25, 0.3) is 0 Å². The van der Waals surface area contributed by atoms with Crippen LogP contribution in [0.25, 0.3) is 0 Å². The number of aliphatic hydroxyl groups is 1. The zero-order valence-electron chi connectivity index (χ0n) is 27.1. The summed E-state index contributed by atoms with van der Waals surface area (Å²) < 4.78 is 10.7. The number of aromatic nitrogens is 2. The maximum absolute atomic E-state index is 13.7. The van der Waals surface area contributed by atoms with Crippen LogP contribution >= 0.6 is 0 Å². The number of amides is 3. The predicted octanol–water partition coefficient (Wildman–Crippen LogP) is 4.16. The molecule has 0 aliphatic rings. The third-order valence-corrected chi connectivity index (χ3v) is 7.36. The number of rotatable bonds is 16. The summed E-state index contributed by atoms with van der Waals surface area (Å²) in [7, 11) is 0. The molecule has 3 unspecified atom stereocenters. The molecule has 0 spiro atoms. The van der Waals surface area contributed by atoms with Gasteiger partial charge < -0.3 is 25.2 Å². The lowest BCUT2D eigenvalue weighted by Crippen LogP contribution is -2.57. The lowest BCUT2D eigenvalue weighted by Gasteiger charge is -2.31. The number of ether oxygens (including phenoxy) is 2. The average Bonchev–Trinajstić information content (AvgIpc) is 3.10. The standard InChI is InChI=1S/C36H42N6O6/c1-26(2)33(40-35(45)48-25-30-17-9-10-19-38-30)34(44)39-31(20-27-12-5-3-6-13-27)32(43)23-42(22-28-14-7-4-8-15-28)41-36(46)47-24-29-16-11-18-37-21-29/h3-19,21,26,31-33,43H,20,22-25H2,1-2H3,(H,39,44)(H,40,45)(H,41,46). The summed E-state index contributed by atoms with van der Waals surface area (Å²) in [6.07, 6.45) is 2.49. The van der Waals surface area contributed by atoms with Crippen molar-refractivity contribution in [2.24, 2.45) is 5.92 Å². The molecule has 12 heteroatoms. The molecular formula is C36H42N6O6. The predicted molar refractivity (Wildman–Crippen MR) is 179 cm³/mol. The van der Waals surface area contributed by atoms with Gasteiger partial charge in [0.05, 0.1) is 17.8 Å². The second kappa shape index (κ2) is 18.7. The third-order valence-electron chi connectivity index (χ3n) is 7.36. The lowest BCUT2D eigenvalue weighted by molar-refractivity contribution is -0.125. The van der Waals surface area contributed by atoms with E-state index < -0.39 is 36.3 Å². The summed E-state index contributed by atoms with van der Waals surface area (Å²) in [6, 6.07) is 25.9. The summed E-state index contributed by atoms with van der Waals surface area (Å²) in [5.41, 5.74) is 5.79. The van der Waals surface area contributed by atoms with Crippen LogP contribution in [0.5, 0.6) is 0 Å². The topological polar surface area (TPSA) is 155 Å². The number of nitrogens with one attached hydrogen (secondary N) is 3. The van der Waals surface area contributed by atoms with Crippen molar-refractivity contribution in [3.8, 4) is 0 Å². The largest absolute Gasteiger partial charge is 0.444 e. The molecule has 3 amide bonds. The summed E-state index contributed by atoms with van der Waals surface area (Å²) in [6.45, 7) is 3.76. The van der Waals surface area contributed by atoms with Gasteiger partial charge >= 0.3 is 12.2 Å². The van der Waals surface area contributed by atoms with Gasteiger partial charge in [-0.05, 0) is 41.7 Å². The Bertz CT molecular complexity index is 1550. The molecule has 0 radical (unpaired) electrons. The van der Waals surface area contributed by atoms with E-state index >= 15 is 0 Å². The van der Waals surface area contributed by atoms with Gasteiger partial charge in [-0.3, -0.25) is 20.2 Å². The number of aliphatic hydroxyl groups excluding tert-OH is 1. The van der Waals surface area contributed by atoms with Crippen LogP contribution in [0.2, 0.25) is 0 Å². The Balaban J connectivity index is 1.46. The monoisotopic (exact) mass is 654 g/mol. The number of nitrogens with zero attached hydrogens (tertiary/aromatic N) is 3. The molecule has 3 atom stereocenters. The molecular weight excluding hydrogens is 612 g/mol. The molecule has 2 heterocycles. The molecule has 2 aromatic heterocycles. The summed E-state index contributed by atoms with van der Waals surface area (Å²) >= 11 is 0. The number of benzene rings is 2. The number of carbonyl (C=O) groups excluding carboxylic acids is 3. The Morgan fingerprint density at radius 2 is 1.44 bits per heavy atom. The van der Waals surface area contributed by atoms with Gasteiger partial charge in [-0.25, -0.2) is 14.6 Å². The van der Waals surface area contributed by atoms with Crippen molar-refractivity contribution in [1.82, 2.24) is 31.0 Å². The second-order valence-electron chi connectivity index (χ2n) is 11.6. The van der Waals surface area contributed by atoms with Crippen LogP contribution < -0.4 is 16.1 Å². The Hall–Kier alpha value is -5.33. The number of pyridine rings is 2.